The third-order valence-corrected chi connectivity index (χ3v) is 2.95. The number of esters is 2. The van der Waals surface area contributed by atoms with E-state index in [2.05, 4.69) is 0 Å². The molecule has 0 aliphatic heterocycles. The molecule has 0 heterocycles. The molecule has 0 amide bonds. The largest absolute Gasteiger partial charge is 0.465 e. The SMILES string of the molecule is CCOC(=O)C(C(=O)OCC)C1CCCC1. The molecule has 4 heteroatoms. The Labute approximate surface area is 96.3 Å². The second kappa shape index (κ2) is 6.51. The van der Waals surface area contributed by atoms with Crippen molar-refractivity contribution in [2.24, 2.45) is 11.8 Å². The number of carbonyl (C=O) groups is 2. The van der Waals surface area contributed by atoms with E-state index in [1.807, 2.05) is 0 Å². The van der Waals surface area contributed by atoms with Gasteiger partial charge in [0, 0.05) is 0 Å². The van der Waals surface area contributed by atoms with Crippen molar-refractivity contribution in [3.8, 4) is 0 Å². The first-order valence-electron chi connectivity index (χ1n) is 6.04. The molecule has 0 aromatic heterocycles. The van der Waals surface area contributed by atoms with Crippen molar-refractivity contribution in [2.45, 2.75) is 39.5 Å². The Bertz CT molecular complexity index is 225. The number of hydrogen-bond acceptors (Lipinski definition) is 4. The van der Waals surface area contributed by atoms with Crippen LogP contribution >= 0.6 is 0 Å². The Morgan fingerprint density at radius 3 is 1.88 bits per heavy atom. The van der Waals surface area contributed by atoms with Gasteiger partial charge in [0.1, 0.15) is 0 Å². The topological polar surface area (TPSA) is 52.6 Å². The van der Waals surface area contributed by atoms with Gasteiger partial charge in [0.25, 0.3) is 0 Å². The van der Waals surface area contributed by atoms with Crippen LogP contribution in [0.4, 0.5) is 0 Å². The minimum absolute atomic E-state index is 0.109. The molecule has 0 spiro atoms. The van der Waals surface area contributed by atoms with Crippen molar-refractivity contribution in [3.63, 3.8) is 0 Å². The Morgan fingerprint density at radius 2 is 1.50 bits per heavy atom. The summed E-state index contributed by atoms with van der Waals surface area (Å²) in [5.74, 6) is -1.44. The predicted molar refractivity (Wildman–Crippen MR) is 58.7 cm³/mol. The molecule has 1 fully saturated rings. The zero-order valence-electron chi connectivity index (χ0n) is 10.0. The van der Waals surface area contributed by atoms with Crippen LogP contribution in [0.5, 0.6) is 0 Å². The van der Waals surface area contributed by atoms with Gasteiger partial charge in [0.05, 0.1) is 13.2 Å². The quantitative estimate of drug-likeness (QED) is 0.533. The maximum atomic E-state index is 11.7. The van der Waals surface area contributed by atoms with Crippen molar-refractivity contribution in [2.75, 3.05) is 13.2 Å². The van der Waals surface area contributed by atoms with Crippen molar-refractivity contribution in [3.05, 3.63) is 0 Å². The maximum Gasteiger partial charge on any atom is 0.320 e. The van der Waals surface area contributed by atoms with Crippen LogP contribution in [0, 0.1) is 11.8 Å². The fourth-order valence-corrected chi connectivity index (χ4v) is 2.24. The van der Waals surface area contributed by atoms with E-state index in [-0.39, 0.29) is 5.92 Å². The van der Waals surface area contributed by atoms with E-state index < -0.39 is 17.9 Å². The molecule has 0 radical (unpaired) electrons. The van der Waals surface area contributed by atoms with Gasteiger partial charge in [-0.2, -0.15) is 0 Å². The Kier molecular flexibility index (Phi) is 5.29. The van der Waals surface area contributed by atoms with Gasteiger partial charge in [0.15, 0.2) is 5.92 Å². The number of rotatable bonds is 5. The second-order valence-electron chi connectivity index (χ2n) is 4.03. The van der Waals surface area contributed by atoms with Crippen LogP contribution in [0.25, 0.3) is 0 Å². The monoisotopic (exact) mass is 228 g/mol. The molecule has 0 saturated heterocycles. The first-order valence-corrected chi connectivity index (χ1v) is 6.04. The van der Waals surface area contributed by atoms with E-state index in [9.17, 15) is 9.59 Å². The average molecular weight is 228 g/mol. The summed E-state index contributed by atoms with van der Waals surface area (Å²) in [6.45, 7) is 4.10. The van der Waals surface area contributed by atoms with Gasteiger partial charge in [-0.25, -0.2) is 0 Å². The summed E-state index contributed by atoms with van der Waals surface area (Å²) in [5, 5.41) is 0. The highest BCUT2D eigenvalue weighted by Crippen LogP contribution is 2.32. The summed E-state index contributed by atoms with van der Waals surface area (Å²) >= 11 is 0. The van der Waals surface area contributed by atoms with E-state index in [4.69, 9.17) is 9.47 Å². The summed E-state index contributed by atoms with van der Waals surface area (Å²) in [5.41, 5.74) is 0. The van der Waals surface area contributed by atoms with Gasteiger partial charge in [-0.3, -0.25) is 9.59 Å². The van der Waals surface area contributed by atoms with E-state index >= 15 is 0 Å². The molecular weight excluding hydrogens is 208 g/mol. The molecule has 0 unspecified atom stereocenters. The normalized spacial score (nSPS) is 16.4. The molecule has 0 N–H and O–H groups in total. The van der Waals surface area contributed by atoms with Crippen LogP contribution in [0.15, 0.2) is 0 Å². The molecular formula is C12H20O4. The lowest BCUT2D eigenvalue weighted by atomic mass is 9.91. The lowest BCUT2D eigenvalue weighted by molar-refractivity contribution is -0.164. The smallest absolute Gasteiger partial charge is 0.320 e. The molecule has 0 bridgehead atoms. The third kappa shape index (κ3) is 3.22. The van der Waals surface area contributed by atoms with E-state index in [0.717, 1.165) is 25.7 Å². The first-order chi connectivity index (χ1) is 7.70. The van der Waals surface area contributed by atoms with Crippen molar-refractivity contribution in [1.29, 1.82) is 0 Å². The van der Waals surface area contributed by atoms with Crippen molar-refractivity contribution in [1.82, 2.24) is 0 Å². The molecule has 1 aliphatic carbocycles. The van der Waals surface area contributed by atoms with Crippen LogP contribution in [0.3, 0.4) is 0 Å². The van der Waals surface area contributed by atoms with Gasteiger partial charge in [0.2, 0.25) is 0 Å². The second-order valence-corrected chi connectivity index (χ2v) is 4.03. The Hall–Kier alpha value is -1.06. The number of hydrogen-bond donors (Lipinski definition) is 0. The highest BCUT2D eigenvalue weighted by Gasteiger charge is 2.38. The molecule has 0 aromatic rings. The standard InChI is InChI=1S/C12H20O4/c1-3-15-11(13)10(12(14)16-4-2)9-7-5-6-8-9/h9-10H,3-8H2,1-2H3. The molecule has 92 valence electrons. The molecule has 1 rings (SSSR count). The number of carbonyl (C=O) groups excluding carboxylic acids is 2. The molecule has 16 heavy (non-hydrogen) atoms. The predicted octanol–water partition coefficient (Wildman–Crippen LogP) is 1.92. The van der Waals surface area contributed by atoms with Gasteiger partial charge >= 0.3 is 11.9 Å². The van der Waals surface area contributed by atoms with Crippen LogP contribution in [0.1, 0.15) is 39.5 Å². The lowest BCUT2D eigenvalue weighted by Gasteiger charge is -2.19. The number of ether oxygens (including phenoxy) is 2. The highest BCUT2D eigenvalue weighted by atomic mass is 16.6. The van der Waals surface area contributed by atoms with Crippen molar-refractivity contribution < 1.29 is 19.1 Å². The molecule has 1 saturated carbocycles. The van der Waals surface area contributed by atoms with Gasteiger partial charge in [-0.15, -0.1) is 0 Å². The molecule has 1 aliphatic rings. The Balaban J connectivity index is 2.67. The van der Waals surface area contributed by atoms with Gasteiger partial charge < -0.3 is 9.47 Å². The van der Waals surface area contributed by atoms with E-state index in [1.54, 1.807) is 13.8 Å². The van der Waals surface area contributed by atoms with E-state index in [0.29, 0.717) is 13.2 Å². The fourth-order valence-electron chi connectivity index (χ4n) is 2.24. The summed E-state index contributed by atoms with van der Waals surface area (Å²) in [7, 11) is 0. The van der Waals surface area contributed by atoms with Crippen LogP contribution in [-0.4, -0.2) is 25.2 Å². The molecule has 0 atom stereocenters. The minimum Gasteiger partial charge on any atom is -0.465 e. The minimum atomic E-state index is -0.706. The third-order valence-electron chi connectivity index (χ3n) is 2.95. The molecule has 4 nitrogen and oxygen atoms in total. The zero-order valence-corrected chi connectivity index (χ0v) is 10.0. The summed E-state index contributed by atoms with van der Waals surface area (Å²) in [6, 6.07) is 0. The summed E-state index contributed by atoms with van der Waals surface area (Å²) in [6.07, 6.45) is 4.00. The summed E-state index contributed by atoms with van der Waals surface area (Å²) < 4.78 is 9.89. The molecule has 0 aromatic carbocycles. The van der Waals surface area contributed by atoms with Gasteiger partial charge in [-0.1, -0.05) is 12.8 Å². The van der Waals surface area contributed by atoms with E-state index in [1.165, 1.54) is 0 Å². The first kappa shape index (κ1) is 13.0. The van der Waals surface area contributed by atoms with Crippen LogP contribution in [0.2, 0.25) is 0 Å². The van der Waals surface area contributed by atoms with Crippen LogP contribution in [-0.2, 0) is 19.1 Å². The van der Waals surface area contributed by atoms with Crippen molar-refractivity contribution >= 4 is 11.9 Å². The lowest BCUT2D eigenvalue weighted by Crippen LogP contribution is -2.33. The average Bonchev–Trinajstić information content (AvgIpc) is 2.72. The maximum absolute atomic E-state index is 11.7. The Morgan fingerprint density at radius 1 is 1.06 bits per heavy atom. The van der Waals surface area contributed by atoms with Crippen LogP contribution < -0.4 is 0 Å². The zero-order chi connectivity index (χ0) is 12.0. The summed E-state index contributed by atoms with van der Waals surface area (Å²) in [4.78, 5) is 23.4. The fraction of sp³-hybridized carbons (Fsp3) is 0.833. The highest BCUT2D eigenvalue weighted by molar-refractivity contribution is 5.95. The van der Waals surface area contributed by atoms with Gasteiger partial charge in [-0.05, 0) is 32.6 Å².